The maximum atomic E-state index is 11.4. The van der Waals surface area contributed by atoms with Gasteiger partial charge in [-0.05, 0) is 44.4 Å². The number of nitrogens with two attached hydrogens (primary N) is 1. The summed E-state index contributed by atoms with van der Waals surface area (Å²) in [6, 6.07) is 0. The van der Waals surface area contributed by atoms with Gasteiger partial charge in [0.15, 0.2) is 6.10 Å². The third-order valence-electron chi connectivity index (χ3n) is 2.45. The van der Waals surface area contributed by atoms with E-state index in [1.807, 2.05) is 0 Å². The number of allylic oxidation sites excluding steroid dienone is 3. The Bertz CT molecular complexity index is 438. The van der Waals surface area contributed by atoms with Crippen LogP contribution in [0.4, 0.5) is 0 Å². The zero-order valence-electron chi connectivity index (χ0n) is 10.4. The van der Waals surface area contributed by atoms with Gasteiger partial charge in [-0.1, -0.05) is 17.7 Å². The number of hydrogen-bond donors (Lipinski definition) is 1. The highest BCUT2D eigenvalue weighted by molar-refractivity contribution is 5.92. The standard InChI is InChI=1S/C14H17NO3/c1-11(7-9-13(15)16)18-14(17)10-8-12-5-3-2-4-6-12/h5,8,10-11H,2-4,6H2,1H3,(H2,15,16)/b10-8+/t11-/m1/s1. The van der Waals surface area contributed by atoms with Crippen LogP contribution in [0.25, 0.3) is 0 Å². The van der Waals surface area contributed by atoms with Crippen molar-refractivity contribution in [1.82, 2.24) is 0 Å². The van der Waals surface area contributed by atoms with Gasteiger partial charge in [0.05, 0.1) is 0 Å². The molecule has 1 aliphatic rings. The lowest BCUT2D eigenvalue weighted by Gasteiger charge is -2.08. The Morgan fingerprint density at radius 3 is 2.89 bits per heavy atom. The normalized spacial score (nSPS) is 16.4. The quantitative estimate of drug-likeness (QED) is 0.466. The first-order valence-electron chi connectivity index (χ1n) is 5.96. The fourth-order valence-corrected chi connectivity index (χ4v) is 1.61. The minimum absolute atomic E-state index is 0.465. The number of rotatable bonds is 3. The van der Waals surface area contributed by atoms with Gasteiger partial charge in [-0.3, -0.25) is 4.79 Å². The van der Waals surface area contributed by atoms with Crippen LogP contribution in [0.15, 0.2) is 23.8 Å². The molecule has 0 spiro atoms. The lowest BCUT2D eigenvalue weighted by molar-refractivity contribution is -0.139. The van der Waals surface area contributed by atoms with E-state index in [0.717, 1.165) is 24.8 Å². The van der Waals surface area contributed by atoms with Crippen LogP contribution in [0.5, 0.6) is 0 Å². The van der Waals surface area contributed by atoms with Crippen molar-refractivity contribution in [1.29, 1.82) is 0 Å². The summed E-state index contributed by atoms with van der Waals surface area (Å²) in [6.45, 7) is 1.58. The summed E-state index contributed by atoms with van der Waals surface area (Å²) in [7, 11) is 0. The average molecular weight is 247 g/mol. The molecule has 4 heteroatoms. The second kappa shape index (κ2) is 7.33. The molecule has 4 nitrogen and oxygen atoms in total. The largest absolute Gasteiger partial charge is 0.446 e. The minimum Gasteiger partial charge on any atom is -0.446 e. The predicted molar refractivity (Wildman–Crippen MR) is 68.2 cm³/mol. The van der Waals surface area contributed by atoms with Gasteiger partial charge in [0.1, 0.15) is 0 Å². The fourth-order valence-electron chi connectivity index (χ4n) is 1.61. The predicted octanol–water partition coefficient (Wildman–Crippen LogP) is 1.46. The van der Waals surface area contributed by atoms with Crippen molar-refractivity contribution in [3.63, 3.8) is 0 Å². The highest BCUT2D eigenvalue weighted by atomic mass is 16.5. The summed E-state index contributed by atoms with van der Waals surface area (Å²) in [5.74, 6) is 3.37. The molecular weight excluding hydrogens is 230 g/mol. The number of hydrogen-bond acceptors (Lipinski definition) is 3. The van der Waals surface area contributed by atoms with E-state index in [-0.39, 0.29) is 0 Å². The molecule has 0 aliphatic heterocycles. The van der Waals surface area contributed by atoms with Crippen molar-refractivity contribution < 1.29 is 14.3 Å². The summed E-state index contributed by atoms with van der Waals surface area (Å²) in [5.41, 5.74) is 6.01. The maximum Gasteiger partial charge on any atom is 0.331 e. The SMILES string of the molecule is C[C@H](C#CC(N)=O)OC(=O)/C=C/C1=CCCCC1. The Balaban J connectivity index is 2.42. The van der Waals surface area contributed by atoms with Crippen LogP contribution in [0, 0.1) is 11.8 Å². The molecule has 0 heterocycles. The lowest BCUT2D eigenvalue weighted by Crippen LogP contribution is -2.13. The highest BCUT2D eigenvalue weighted by Crippen LogP contribution is 2.17. The molecule has 0 saturated carbocycles. The molecule has 0 unspecified atom stereocenters. The molecule has 1 amide bonds. The van der Waals surface area contributed by atoms with E-state index >= 15 is 0 Å². The number of amides is 1. The summed E-state index contributed by atoms with van der Waals surface area (Å²) in [6.07, 6.45) is 9.08. The second-order valence-corrected chi connectivity index (χ2v) is 4.07. The molecule has 0 bridgehead atoms. The van der Waals surface area contributed by atoms with Crippen LogP contribution in [-0.4, -0.2) is 18.0 Å². The van der Waals surface area contributed by atoms with Crippen LogP contribution >= 0.6 is 0 Å². The van der Waals surface area contributed by atoms with E-state index in [9.17, 15) is 9.59 Å². The monoisotopic (exact) mass is 247 g/mol. The van der Waals surface area contributed by atoms with Crippen molar-refractivity contribution >= 4 is 11.9 Å². The van der Waals surface area contributed by atoms with Gasteiger partial charge >= 0.3 is 5.97 Å². The molecule has 1 rings (SSSR count). The molecule has 0 saturated heterocycles. The Morgan fingerprint density at radius 1 is 1.50 bits per heavy atom. The van der Waals surface area contributed by atoms with Crippen LogP contribution in [0.3, 0.4) is 0 Å². The van der Waals surface area contributed by atoms with Crippen molar-refractivity contribution in [2.24, 2.45) is 5.73 Å². The van der Waals surface area contributed by atoms with E-state index in [1.54, 1.807) is 13.0 Å². The molecule has 2 N–H and O–H groups in total. The van der Waals surface area contributed by atoms with Crippen molar-refractivity contribution in [3.8, 4) is 11.8 Å². The zero-order chi connectivity index (χ0) is 13.4. The van der Waals surface area contributed by atoms with Gasteiger partial charge in [0, 0.05) is 6.08 Å². The van der Waals surface area contributed by atoms with Gasteiger partial charge in [-0.25, -0.2) is 4.79 Å². The molecule has 0 aromatic rings. The second-order valence-electron chi connectivity index (χ2n) is 4.07. The summed E-state index contributed by atoms with van der Waals surface area (Å²) in [4.78, 5) is 21.8. The third-order valence-corrected chi connectivity index (χ3v) is 2.45. The molecule has 0 aromatic carbocycles. The maximum absolute atomic E-state index is 11.4. The first kappa shape index (κ1) is 14.0. The summed E-state index contributed by atoms with van der Waals surface area (Å²) >= 11 is 0. The smallest absolute Gasteiger partial charge is 0.331 e. The Labute approximate surface area is 107 Å². The Kier molecular flexibility index (Phi) is 5.72. The number of ether oxygens (including phenoxy) is 1. The van der Waals surface area contributed by atoms with E-state index in [0.29, 0.717) is 0 Å². The number of carbonyl (C=O) groups is 2. The Hall–Kier alpha value is -2.02. The summed E-state index contributed by atoms with van der Waals surface area (Å²) < 4.78 is 4.96. The van der Waals surface area contributed by atoms with E-state index in [1.165, 1.54) is 12.5 Å². The van der Waals surface area contributed by atoms with Crippen LogP contribution in [-0.2, 0) is 14.3 Å². The fraction of sp³-hybridized carbons (Fsp3) is 0.429. The highest BCUT2D eigenvalue weighted by Gasteiger charge is 2.04. The number of primary amides is 1. The van der Waals surface area contributed by atoms with Crippen molar-refractivity contribution in [2.45, 2.75) is 38.7 Å². The minimum atomic E-state index is -0.735. The van der Waals surface area contributed by atoms with E-state index in [2.05, 4.69) is 17.9 Å². The third kappa shape index (κ3) is 5.90. The molecule has 0 fully saturated rings. The topological polar surface area (TPSA) is 69.4 Å². The molecular formula is C14H17NO3. The van der Waals surface area contributed by atoms with Crippen LogP contribution in [0.2, 0.25) is 0 Å². The molecule has 1 atom stereocenters. The van der Waals surface area contributed by atoms with Gasteiger partial charge in [0.25, 0.3) is 5.91 Å². The molecule has 96 valence electrons. The first-order valence-corrected chi connectivity index (χ1v) is 5.96. The Morgan fingerprint density at radius 2 is 2.28 bits per heavy atom. The van der Waals surface area contributed by atoms with E-state index in [4.69, 9.17) is 10.5 Å². The average Bonchev–Trinajstić information content (AvgIpc) is 2.35. The van der Waals surface area contributed by atoms with Crippen molar-refractivity contribution in [2.75, 3.05) is 0 Å². The first-order chi connectivity index (χ1) is 8.58. The van der Waals surface area contributed by atoms with Gasteiger partial charge < -0.3 is 10.5 Å². The van der Waals surface area contributed by atoms with E-state index < -0.39 is 18.0 Å². The molecule has 0 aromatic heterocycles. The number of esters is 1. The van der Waals surface area contributed by atoms with Crippen molar-refractivity contribution in [3.05, 3.63) is 23.8 Å². The molecule has 0 radical (unpaired) electrons. The molecule has 18 heavy (non-hydrogen) atoms. The zero-order valence-corrected chi connectivity index (χ0v) is 10.4. The van der Waals surface area contributed by atoms with Crippen LogP contribution < -0.4 is 5.73 Å². The van der Waals surface area contributed by atoms with Crippen LogP contribution in [0.1, 0.15) is 32.6 Å². The van der Waals surface area contributed by atoms with Gasteiger partial charge in [0.2, 0.25) is 0 Å². The summed E-state index contributed by atoms with van der Waals surface area (Å²) in [5, 5.41) is 0. The number of carbonyl (C=O) groups excluding carboxylic acids is 2. The lowest BCUT2D eigenvalue weighted by atomic mass is 9.99. The van der Waals surface area contributed by atoms with Gasteiger partial charge in [-0.2, -0.15) is 0 Å². The van der Waals surface area contributed by atoms with Gasteiger partial charge in [-0.15, -0.1) is 0 Å². The molecule has 1 aliphatic carbocycles.